The molecule has 1 amide bonds. The third kappa shape index (κ3) is 4.05. The molecule has 5 heteroatoms. The Kier molecular flexibility index (Phi) is 5.49. The van der Waals surface area contributed by atoms with Crippen LogP contribution in [-0.2, 0) is 24.4 Å². The smallest absolute Gasteiger partial charge is 0.224 e. The van der Waals surface area contributed by atoms with Gasteiger partial charge in [0.2, 0.25) is 5.91 Å². The molecule has 0 spiro atoms. The van der Waals surface area contributed by atoms with Crippen molar-refractivity contribution in [3.63, 3.8) is 0 Å². The Labute approximate surface area is 128 Å². The molecule has 0 aromatic heterocycles. The van der Waals surface area contributed by atoms with E-state index < -0.39 is 5.82 Å². The van der Waals surface area contributed by atoms with Gasteiger partial charge >= 0.3 is 0 Å². The first kappa shape index (κ1) is 16.0. The highest BCUT2D eigenvalue weighted by Gasteiger charge is 2.08. The van der Waals surface area contributed by atoms with Crippen LogP contribution in [0.5, 0.6) is 5.75 Å². The highest BCUT2D eigenvalue weighted by Crippen LogP contribution is 2.18. The van der Waals surface area contributed by atoms with E-state index in [0.29, 0.717) is 12.1 Å². The van der Waals surface area contributed by atoms with Crippen LogP contribution < -0.4 is 10.1 Å². The number of hydrogen-bond donors (Lipinski definition) is 2. The molecule has 0 heterocycles. The van der Waals surface area contributed by atoms with Crippen molar-refractivity contribution in [1.29, 1.82) is 0 Å². The molecule has 2 aromatic carbocycles. The summed E-state index contributed by atoms with van der Waals surface area (Å²) in [6, 6.07) is 11.8. The Morgan fingerprint density at radius 2 is 1.95 bits per heavy atom. The van der Waals surface area contributed by atoms with Gasteiger partial charge in [0, 0.05) is 6.54 Å². The quantitative estimate of drug-likeness (QED) is 0.860. The second kappa shape index (κ2) is 7.56. The standard InChI is InChI=1S/C17H18FNO3/c1-22-16-7-6-12(8-15(16)18)9-17(21)19-10-13-4-2-3-5-14(13)11-20/h2-8,20H,9-11H2,1H3,(H,19,21). The van der Waals surface area contributed by atoms with Gasteiger partial charge in [0.25, 0.3) is 0 Å². The van der Waals surface area contributed by atoms with Crippen molar-refractivity contribution in [3.05, 3.63) is 65.0 Å². The maximum Gasteiger partial charge on any atom is 0.224 e. The van der Waals surface area contributed by atoms with E-state index in [-0.39, 0.29) is 24.7 Å². The van der Waals surface area contributed by atoms with Crippen molar-refractivity contribution in [3.8, 4) is 5.75 Å². The zero-order valence-electron chi connectivity index (χ0n) is 12.3. The summed E-state index contributed by atoms with van der Waals surface area (Å²) in [6.07, 6.45) is 0.0855. The molecular weight excluding hydrogens is 285 g/mol. The van der Waals surface area contributed by atoms with Crippen LogP contribution in [0.1, 0.15) is 16.7 Å². The lowest BCUT2D eigenvalue weighted by atomic mass is 10.1. The van der Waals surface area contributed by atoms with Crippen molar-refractivity contribution in [2.24, 2.45) is 0 Å². The fraction of sp³-hybridized carbons (Fsp3) is 0.235. The van der Waals surface area contributed by atoms with Crippen molar-refractivity contribution >= 4 is 5.91 Å². The van der Waals surface area contributed by atoms with Gasteiger partial charge in [0.1, 0.15) is 0 Å². The van der Waals surface area contributed by atoms with Gasteiger partial charge in [0.15, 0.2) is 11.6 Å². The van der Waals surface area contributed by atoms with Crippen LogP contribution >= 0.6 is 0 Å². The molecule has 0 radical (unpaired) electrons. The predicted molar refractivity (Wildman–Crippen MR) is 80.9 cm³/mol. The lowest BCUT2D eigenvalue weighted by Crippen LogP contribution is -2.25. The fourth-order valence-electron chi connectivity index (χ4n) is 2.15. The molecule has 0 unspecified atom stereocenters. The third-order valence-electron chi connectivity index (χ3n) is 3.35. The first-order chi connectivity index (χ1) is 10.6. The van der Waals surface area contributed by atoms with E-state index in [1.807, 2.05) is 18.2 Å². The number of amides is 1. The Morgan fingerprint density at radius 3 is 2.59 bits per heavy atom. The Morgan fingerprint density at radius 1 is 1.23 bits per heavy atom. The van der Waals surface area contributed by atoms with E-state index in [1.54, 1.807) is 12.1 Å². The van der Waals surface area contributed by atoms with E-state index in [2.05, 4.69) is 5.32 Å². The van der Waals surface area contributed by atoms with Crippen LogP contribution in [-0.4, -0.2) is 18.1 Å². The molecule has 4 nitrogen and oxygen atoms in total. The SMILES string of the molecule is COc1ccc(CC(=O)NCc2ccccc2CO)cc1F. The van der Waals surface area contributed by atoms with Crippen molar-refractivity contribution in [1.82, 2.24) is 5.32 Å². The van der Waals surface area contributed by atoms with Crippen LogP contribution in [0.3, 0.4) is 0 Å². The van der Waals surface area contributed by atoms with Crippen molar-refractivity contribution < 1.29 is 19.0 Å². The van der Waals surface area contributed by atoms with Gasteiger partial charge in [-0.25, -0.2) is 4.39 Å². The number of aliphatic hydroxyl groups excluding tert-OH is 1. The number of rotatable bonds is 6. The second-order valence-electron chi connectivity index (χ2n) is 4.85. The number of carbonyl (C=O) groups excluding carboxylic acids is 1. The number of halogens is 1. The number of nitrogens with one attached hydrogen (secondary N) is 1. The molecular formula is C17H18FNO3. The van der Waals surface area contributed by atoms with Crippen LogP contribution in [0.4, 0.5) is 4.39 Å². The molecule has 2 aromatic rings. The normalized spacial score (nSPS) is 10.3. The highest BCUT2D eigenvalue weighted by molar-refractivity contribution is 5.78. The van der Waals surface area contributed by atoms with E-state index in [0.717, 1.165) is 11.1 Å². The summed E-state index contributed by atoms with van der Waals surface area (Å²) < 4.78 is 18.4. The molecule has 0 aliphatic heterocycles. The van der Waals surface area contributed by atoms with E-state index >= 15 is 0 Å². The number of hydrogen-bond acceptors (Lipinski definition) is 3. The maximum atomic E-state index is 13.6. The topological polar surface area (TPSA) is 58.6 Å². The molecule has 22 heavy (non-hydrogen) atoms. The summed E-state index contributed by atoms with van der Waals surface area (Å²) in [7, 11) is 1.39. The number of aliphatic hydroxyl groups is 1. The van der Waals surface area contributed by atoms with Gasteiger partial charge < -0.3 is 15.2 Å². The summed E-state index contributed by atoms with van der Waals surface area (Å²) in [6.45, 7) is 0.254. The van der Waals surface area contributed by atoms with Gasteiger partial charge in [-0.05, 0) is 28.8 Å². The third-order valence-corrected chi connectivity index (χ3v) is 3.35. The molecule has 2 N–H and O–H groups in total. The molecule has 0 bridgehead atoms. The molecule has 0 saturated carbocycles. The lowest BCUT2D eigenvalue weighted by molar-refractivity contribution is -0.120. The van der Waals surface area contributed by atoms with Gasteiger partial charge in [-0.3, -0.25) is 4.79 Å². The Bertz CT molecular complexity index is 658. The number of methoxy groups -OCH3 is 1. The van der Waals surface area contributed by atoms with E-state index in [9.17, 15) is 14.3 Å². The number of benzene rings is 2. The molecule has 0 fully saturated rings. The van der Waals surface area contributed by atoms with Crippen molar-refractivity contribution in [2.45, 2.75) is 19.6 Å². The zero-order valence-corrected chi connectivity index (χ0v) is 12.3. The average molecular weight is 303 g/mol. The van der Waals surface area contributed by atoms with Crippen molar-refractivity contribution in [2.75, 3.05) is 7.11 Å². The minimum Gasteiger partial charge on any atom is -0.494 e. The molecule has 2 rings (SSSR count). The van der Waals surface area contributed by atoms with Crippen LogP contribution in [0.2, 0.25) is 0 Å². The predicted octanol–water partition coefficient (Wildman–Crippen LogP) is 2.19. The molecule has 0 aliphatic carbocycles. The maximum absolute atomic E-state index is 13.6. The molecule has 116 valence electrons. The van der Waals surface area contributed by atoms with Crippen LogP contribution in [0, 0.1) is 5.82 Å². The lowest BCUT2D eigenvalue weighted by Gasteiger charge is -2.09. The molecule has 0 atom stereocenters. The number of ether oxygens (including phenoxy) is 1. The van der Waals surface area contributed by atoms with Gasteiger partial charge in [0.05, 0.1) is 20.1 Å². The minimum absolute atomic E-state index is 0.0737. The fourth-order valence-corrected chi connectivity index (χ4v) is 2.15. The molecule has 0 saturated heterocycles. The van der Waals surface area contributed by atoms with Gasteiger partial charge in [-0.2, -0.15) is 0 Å². The second-order valence-corrected chi connectivity index (χ2v) is 4.85. The largest absolute Gasteiger partial charge is 0.494 e. The van der Waals surface area contributed by atoms with E-state index in [1.165, 1.54) is 19.2 Å². The summed E-state index contributed by atoms with van der Waals surface area (Å²) in [5.41, 5.74) is 2.21. The minimum atomic E-state index is -0.488. The first-order valence-electron chi connectivity index (χ1n) is 6.90. The average Bonchev–Trinajstić information content (AvgIpc) is 2.53. The summed E-state index contributed by atoms with van der Waals surface area (Å²) in [4.78, 5) is 11.9. The van der Waals surface area contributed by atoms with E-state index in [4.69, 9.17) is 4.74 Å². The Balaban J connectivity index is 1.94. The summed E-state index contributed by atoms with van der Waals surface area (Å²) in [5.74, 6) is -0.545. The summed E-state index contributed by atoms with van der Waals surface area (Å²) in [5, 5.41) is 12.0. The zero-order chi connectivity index (χ0) is 15.9. The van der Waals surface area contributed by atoms with Gasteiger partial charge in [-0.15, -0.1) is 0 Å². The Hall–Kier alpha value is -2.40. The summed E-state index contributed by atoms with van der Waals surface area (Å²) >= 11 is 0. The van der Waals surface area contributed by atoms with Crippen LogP contribution in [0.15, 0.2) is 42.5 Å². The van der Waals surface area contributed by atoms with Gasteiger partial charge in [-0.1, -0.05) is 30.3 Å². The van der Waals surface area contributed by atoms with Crippen LogP contribution in [0.25, 0.3) is 0 Å². The monoisotopic (exact) mass is 303 g/mol. The number of carbonyl (C=O) groups is 1. The highest BCUT2D eigenvalue weighted by atomic mass is 19.1. The first-order valence-corrected chi connectivity index (χ1v) is 6.90. The molecule has 0 aliphatic rings.